The van der Waals surface area contributed by atoms with Crippen molar-refractivity contribution in [3.63, 3.8) is 0 Å². The van der Waals surface area contributed by atoms with Crippen molar-refractivity contribution in [1.82, 2.24) is 0 Å². The van der Waals surface area contributed by atoms with Crippen molar-refractivity contribution in [2.45, 2.75) is 45.6 Å². The minimum atomic E-state index is -0.0212. The van der Waals surface area contributed by atoms with Gasteiger partial charge in [0, 0.05) is 16.7 Å². The van der Waals surface area contributed by atoms with Crippen LogP contribution in [-0.4, -0.2) is 12.1 Å². The van der Waals surface area contributed by atoms with E-state index in [0.717, 1.165) is 21.6 Å². The third-order valence-corrected chi connectivity index (χ3v) is 5.96. The summed E-state index contributed by atoms with van der Waals surface area (Å²) < 4.78 is 0.921. The highest BCUT2D eigenvalue weighted by Gasteiger charge is 2.42. The minimum Gasteiger partial charge on any atom is -0.378 e. The molecule has 1 aromatic carbocycles. The fourth-order valence-electron chi connectivity index (χ4n) is 3.34. The standard InChI is InChI=1S/C16H24BrClN2/c1-11-9-15(2,3)6-7-16(11,10-19)20-12-4-5-13(17)14(18)8-12/h4-5,8,11,20H,6-7,9-10,19H2,1-3H3. The van der Waals surface area contributed by atoms with Gasteiger partial charge in [-0.05, 0) is 64.7 Å². The van der Waals surface area contributed by atoms with Crippen molar-refractivity contribution < 1.29 is 0 Å². The molecule has 20 heavy (non-hydrogen) atoms. The van der Waals surface area contributed by atoms with Crippen LogP contribution in [0.1, 0.15) is 40.0 Å². The third-order valence-electron chi connectivity index (χ3n) is 4.73. The maximum absolute atomic E-state index is 6.18. The predicted octanol–water partition coefficient (Wildman–Crippen LogP) is 5.06. The van der Waals surface area contributed by atoms with E-state index in [-0.39, 0.29) is 5.54 Å². The molecule has 112 valence electrons. The first-order valence-electron chi connectivity index (χ1n) is 7.21. The summed E-state index contributed by atoms with van der Waals surface area (Å²) in [4.78, 5) is 0. The third kappa shape index (κ3) is 3.32. The first kappa shape index (κ1) is 16.1. The Balaban J connectivity index is 2.21. The van der Waals surface area contributed by atoms with Crippen molar-refractivity contribution in [2.24, 2.45) is 17.1 Å². The number of nitrogens with one attached hydrogen (secondary N) is 1. The molecular formula is C16H24BrClN2. The molecule has 0 bridgehead atoms. The van der Waals surface area contributed by atoms with Gasteiger partial charge in [-0.15, -0.1) is 0 Å². The molecule has 2 nitrogen and oxygen atoms in total. The fourth-order valence-corrected chi connectivity index (χ4v) is 3.76. The molecule has 0 saturated heterocycles. The van der Waals surface area contributed by atoms with Crippen LogP contribution in [0.2, 0.25) is 5.02 Å². The van der Waals surface area contributed by atoms with Gasteiger partial charge < -0.3 is 11.1 Å². The smallest absolute Gasteiger partial charge is 0.0568 e. The summed E-state index contributed by atoms with van der Waals surface area (Å²) in [6, 6.07) is 6.00. The van der Waals surface area contributed by atoms with Crippen molar-refractivity contribution in [2.75, 3.05) is 11.9 Å². The van der Waals surface area contributed by atoms with Crippen LogP contribution in [0.3, 0.4) is 0 Å². The van der Waals surface area contributed by atoms with E-state index in [1.807, 2.05) is 12.1 Å². The first-order chi connectivity index (χ1) is 9.28. The minimum absolute atomic E-state index is 0.0212. The average molecular weight is 360 g/mol. The Hall–Kier alpha value is -0.250. The maximum atomic E-state index is 6.18. The zero-order valence-electron chi connectivity index (χ0n) is 12.5. The lowest BCUT2D eigenvalue weighted by Gasteiger charge is -2.49. The summed E-state index contributed by atoms with van der Waals surface area (Å²) in [5.41, 5.74) is 7.57. The molecule has 2 unspecified atom stereocenters. The summed E-state index contributed by atoms with van der Waals surface area (Å²) in [6.45, 7) is 7.65. The normalized spacial score (nSPS) is 29.2. The maximum Gasteiger partial charge on any atom is 0.0568 e. The lowest BCUT2D eigenvalue weighted by atomic mass is 9.63. The van der Waals surface area contributed by atoms with Gasteiger partial charge in [-0.1, -0.05) is 32.4 Å². The largest absolute Gasteiger partial charge is 0.378 e. The average Bonchev–Trinajstić information content (AvgIpc) is 2.37. The van der Waals surface area contributed by atoms with Crippen LogP contribution in [0.4, 0.5) is 5.69 Å². The number of hydrogen-bond donors (Lipinski definition) is 2. The van der Waals surface area contributed by atoms with Gasteiger partial charge in [-0.25, -0.2) is 0 Å². The predicted molar refractivity (Wildman–Crippen MR) is 91.4 cm³/mol. The molecule has 2 rings (SSSR count). The zero-order chi connectivity index (χ0) is 15.0. The molecule has 3 N–H and O–H groups in total. The molecular weight excluding hydrogens is 336 g/mol. The van der Waals surface area contributed by atoms with E-state index in [9.17, 15) is 0 Å². The molecule has 0 amide bonds. The van der Waals surface area contributed by atoms with Gasteiger partial charge in [0.2, 0.25) is 0 Å². The highest BCUT2D eigenvalue weighted by molar-refractivity contribution is 9.10. The summed E-state index contributed by atoms with van der Waals surface area (Å²) in [7, 11) is 0. The zero-order valence-corrected chi connectivity index (χ0v) is 14.8. The molecule has 0 aliphatic heterocycles. The van der Waals surface area contributed by atoms with E-state index in [1.165, 1.54) is 12.8 Å². The molecule has 0 heterocycles. The first-order valence-corrected chi connectivity index (χ1v) is 8.38. The molecule has 0 spiro atoms. The molecule has 0 radical (unpaired) electrons. The Morgan fingerprint density at radius 3 is 2.65 bits per heavy atom. The molecule has 1 fully saturated rings. The van der Waals surface area contributed by atoms with Crippen LogP contribution < -0.4 is 11.1 Å². The molecule has 1 aliphatic carbocycles. The number of nitrogens with two attached hydrogens (primary N) is 1. The second kappa shape index (κ2) is 5.86. The summed E-state index contributed by atoms with van der Waals surface area (Å²) in [5.74, 6) is 0.540. The number of hydrogen-bond acceptors (Lipinski definition) is 2. The van der Waals surface area contributed by atoms with Gasteiger partial charge in [-0.2, -0.15) is 0 Å². The Labute approximate surface area is 135 Å². The van der Waals surface area contributed by atoms with E-state index in [0.29, 0.717) is 17.9 Å². The summed E-state index contributed by atoms with van der Waals surface area (Å²) in [6.07, 6.45) is 3.50. The number of halogens is 2. The Bertz CT molecular complexity index is 489. The van der Waals surface area contributed by atoms with Crippen molar-refractivity contribution in [1.29, 1.82) is 0 Å². The van der Waals surface area contributed by atoms with Gasteiger partial charge in [-0.3, -0.25) is 0 Å². The topological polar surface area (TPSA) is 38.0 Å². The van der Waals surface area contributed by atoms with Gasteiger partial charge in [0.05, 0.1) is 10.6 Å². The van der Waals surface area contributed by atoms with E-state index < -0.39 is 0 Å². The van der Waals surface area contributed by atoms with Gasteiger partial charge in [0.1, 0.15) is 0 Å². The highest BCUT2D eigenvalue weighted by atomic mass is 79.9. The van der Waals surface area contributed by atoms with Gasteiger partial charge in [0.15, 0.2) is 0 Å². The van der Waals surface area contributed by atoms with Crippen molar-refractivity contribution >= 4 is 33.2 Å². The lowest BCUT2D eigenvalue weighted by Crippen LogP contribution is -2.54. The second-order valence-corrected chi connectivity index (χ2v) is 8.15. The quantitative estimate of drug-likeness (QED) is 0.791. The Morgan fingerprint density at radius 1 is 1.40 bits per heavy atom. The number of rotatable bonds is 3. The van der Waals surface area contributed by atoms with Crippen LogP contribution >= 0.6 is 27.5 Å². The molecule has 4 heteroatoms. The van der Waals surface area contributed by atoms with Crippen molar-refractivity contribution in [3.05, 3.63) is 27.7 Å². The van der Waals surface area contributed by atoms with Crippen LogP contribution in [0.5, 0.6) is 0 Å². The number of benzene rings is 1. The second-order valence-electron chi connectivity index (χ2n) is 6.88. The number of anilines is 1. The van der Waals surface area contributed by atoms with Crippen LogP contribution in [0.25, 0.3) is 0 Å². The molecule has 0 aromatic heterocycles. The van der Waals surface area contributed by atoms with E-state index in [4.69, 9.17) is 17.3 Å². The van der Waals surface area contributed by atoms with Crippen LogP contribution in [-0.2, 0) is 0 Å². The van der Waals surface area contributed by atoms with E-state index in [1.54, 1.807) is 0 Å². The van der Waals surface area contributed by atoms with Gasteiger partial charge in [0.25, 0.3) is 0 Å². The SMILES string of the molecule is CC1CC(C)(C)CCC1(CN)Nc1ccc(Br)c(Cl)c1. The van der Waals surface area contributed by atoms with E-state index >= 15 is 0 Å². The molecule has 1 saturated carbocycles. The van der Waals surface area contributed by atoms with Gasteiger partial charge >= 0.3 is 0 Å². The monoisotopic (exact) mass is 358 g/mol. The highest BCUT2D eigenvalue weighted by Crippen LogP contribution is 2.45. The van der Waals surface area contributed by atoms with Crippen LogP contribution in [0.15, 0.2) is 22.7 Å². The molecule has 1 aromatic rings. The molecule has 2 atom stereocenters. The molecule has 1 aliphatic rings. The lowest BCUT2D eigenvalue weighted by molar-refractivity contribution is 0.120. The summed E-state index contributed by atoms with van der Waals surface area (Å²) in [5, 5.41) is 4.40. The fraction of sp³-hybridized carbons (Fsp3) is 0.625. The van der Waals surface area contributed by atoms with Crippen LogP contribution in [0, 0.1) is 11.3 Å². The van der Waals surface area contributed by atoms with Crippen molar-refractivity contribution in [3.8, 4) is 0 Å². The summed E-state index contributed by atoms with van der Waals surface area (Å²) >= 11 is 9.61. The van der Waals surface area contributed by atoms with E-state index in [2.05, 4.69) is 48.1 Å². The Kier molecular flexibility index (Phi) is 4.73. The Morgan fingerprint density at radius 2 is 2.10 bits per heavy atom.